The van der Waals surface area contributed by atoms with Crippen molar-refractivity contribution in [3.63, 3.8) is 0 Å². The predicted molar refractivity (Wildman–Crippen MR) is 105 cm³/mol. The summed E-state index contributed by atoms with van der Waals surface area (Å²) in [4.78, 5) is 6.66. The molecule has 1 heterocycles. The molecule has 0 atom stereocenters. The number of ether oxygens (including phenoxy) is 1. The van der Waals surface area contributed by atoms with E-state index in [1.807, 2.05) is 7.05 Å². The van der Waals surface area contributed by atoms with Crippen molar-refractivity contribution in [2.45, 2.75) is 33.1 Å². The first kappa shape index (κ1) is 21.9. The molecule has 1 aliphatic rings. The second-order valence-electron chi connectivity index (χ2n) is 6.42. The normalized spacial score (nSPS) is 17.4. The van der Waals surface area contributed by atoms with Crippen molar-refractivity contribution in [3.05, 3.63) is 0 Å². The molecule has 1 saturated heterocycles. The third-order valence-corrected chi connectivity index (χ3v) is 4.00. The summed E-state index contributed by atoms with van der Waals surface area (Å²) in [6, 6.07) is 0. The summed E-state index contributed by atoms with van der Waals surface area (Å²) >= 11 is 0. The first-order valence-electron chi connectivity index (χ1n) is 8.32. The van der Waals surface area contributed by atoms with Crippen molar-refractivity contribution < 1.29 is 4.74 Å². The van der Waals surface area contributed by atoms with E-state index in [0.717, 1.165) is 44.6 Å². The predicted octanol–water partition coefficient (Wildman–Crippen LogP) is 2.17. The number of piperidine rings is 1. The summed E-state index contributed by atoms with van der Waals surface area (Å²) < 4.78 is 5.59. The molecule has 22 heavy (non-hydrogen) atoms. The Labute approximate surface area is 153 Å². The average Bonchev–Trinajstić information content (AvgIpc) is 2.47. The summed E-state index contributed by atoms with van der Waals surface area (Å²) in [5.74, 6) is 2.37. The van der Waals surface area contributed by atoms with Crippen molar-refractivity contribution in [3.8, 4) is 0 Å². The van der Waals surface area contributed by atoms with Crippen LogP contribution in [0, 0.1) is 11.8 Å². The van der Waals surface area contributed by atoms with E-state index >= 15 is 0 Å². The lowest BCUT2D eigenvalue weighted by atomic mass is 9.97. The fraction of sp³-hybridized carbons (Fsp3) is 0.938. The molecule has 0 radical (unpaired) electrons. The van der Waals surface area contributed by atoms with Crippen molar-refractivity contribution >= 4 is 29.9 Å². The maximum atomic E-state index is 5.59. The largest absolute Gasteiger partial charge is 0.380 e. The number of rotatable bonds is 8. The first-order chi connectivity index (χ1) is 10.1. The third-order valence-electron chi connectivity index (χ3n) is 4.00. The second kappa shape index (κ2) is 13.4. The van der Waals surface area contributed by atoms with E-state index < -0.39 is 0 Å². The molecular weight excluding hydrogens is 391 g/mol. The molecule has 132 valence electrons. The smallest absolute Gasteiger partial charge is 0.191 e. The van der Waals surface area contributed by atoms with Crippen LogP contribution in [0.3, 0.4) is 0 Å². The quantitative estimate of drug-likeness (QED) is 0.270. The van der Waals surface area contributed by atoms with Gasteiger partial charge in [-0.05, 0) is 51.2 Å². The van der Waals surface area contributed by atoms with E-state index in [9.17, 15) is 0 Å². The van der Waals surface area contributed by atoms with Crippen LogP contribution in [0.5, 0.6) is 0 Å². The zero-order chi connectivity index (χ0) is 15.5. The first-order valence-corrected chi connectivity index (χ1v) is 8.32. The summed E-state index contributed by atoms with van der Waals surface area (Å²) in [7, 11) is 4.02. The molecule has 2 N–H and O–H groups in total. The van der Waals surface area contributed by atoms with E-state index in [-0.39, 0.29) is 24.0 Å². The van der Waals surface area contributed by atoms with Crippen LogP contribution in [0.25, 0.3) is 0 Å². The highest BCUT2D eigenvalue weighted by atomic mass is 127. The molecule has 1 aliphatic heterocycles. The Morgan fingerprint density at radius 2 is 1.91 bits per heavy atom. The minimum Gasteiger partial charge on any atom is -0.380 e. The summed E-state index contributed by atoms with van der Waals surface area (Å²) in [5.41, 5.74) is 0. The average molecular weight is 426 g/mol. The van der Waals surface area contributed by atoms with Gasteiger partial charge in [-0.15, -0.1) is 24.0 Å². The van der Waals surface area contributed by atoms with Crippen LogP contribution in [0.1, 0.15) is 33.1 Å². The van der Waals surface area contributed by atoms with Gasteiger partial charge >= 0.3 is 0 Å². The Kier molecular flexibility index (Phi) is 13.3. The monoisotopic (exact) mass is 426 g/mol. The van der Waals surface area contributed by atoms with Crippen LogP contribution in [-0.4, -0.2) is 64.3 Å². The molecule has 0 aromatic heterocycles. The Morgan fingerprint density at radius 1 is 1.23 bits per heavy atom. The van der Waals surface area contributed by atoms with Crippen LogP contribution in [0.4, 0.5) is 0 Å². The molecule has 5 nitrogen and oxygen atoms in total. The molecule has 1 rings (SSSR count). The van der Waals surface area contributed by atoms with E-state index in [4.69, 9.17) is 4.74 Å². The van der Waals surface area contributed by atoms with Crippen molar-refractivity contribution in [2.75, 3.05) is 53.5 Å². The highest BCUT2D eigenvalue weighted by Gasteiger charge is 2.16. The molecule has 0 saturated carbocycles. The van der Waals surface area contributed by atoms with Gasteiger partial charge in [-0.25, -0.2) is 0 Å². The van der Waals surface area contributed by atoms with E-state index in [1.165, 1.54) is 25.9 Å². The molecule has 0 aromatic carbocycles. The molecule has 1 fully saturated rings. The van der Waals surface area contributed by atoms with Crippen LogP contribution in [0.15, 0.2) is 4.99 Å². The number of hydrogen-bond acceptors (Lipinski definition) is 3. The number of halogens is 1. The third kappa shape index (κ3) is 10.6. The van der Waals surface area contributed by atoms with E-state index in [1.54, 1.807) is 0 Å². The Morgan fingerprint density at radius 3 is 2.50 bits per heavy atom. The lowest BCUT2D eigenvalue weighted by molar-refractivity contribution is 0.128. The highest BCUT2D eigenvalue weighted by molar-refractivity contribution is 14.0. The van der Waals surface area contributed by atoms with Gasteiger partial charge in [0.1, 0.15) is 0 Å². The molecule has 0 aliphatic carbocycles. The fourth-order valence-corrected chi connectivity index (χ4v) is 2.39. The lowest BCUT2D eigenvalue weighted by Crippen LogP contribution is -2.43. The van der Waals surface area contributed by atoms with Gasteiger partial charge in [-0.3, -0.25) is 4.99 Å². The maximum absolute atomic E-state index is 5.59. The number of likely N-dealkylation sites (tertiary alicyclic amines) is 1. The number of hydrogen-bond donors (Lipinski definition) is 2. The van der Waals surface area contributed by atoms with Crippen LogP contribution >= 0.6 is 24.0 Å². The Balaban J connectivity index is 0.00000441. The van der Waals surface area contributed by atoms with Crippen LogP contribution in [-0.2, 0) is 4.74 Å². The van der Waals surface area contributed by atoms with Gasteiger partial charge in [0.2, 0.25) is 0 Å². The molecule has 0 aromatic rings. The van der Waals surface area contributed by atoms with E-state index in [0.29, 0.717) is 5.92 Å². The van der Waals surface area contributed by atoms with Crippen molar-refractivity contribution in [1.82, 2.24) is 15.5 Å². The van der Waals surface area contributed by atoms with Crippen molar-refractivity contribution in [2.24, 2.45) is 16.8 Å². The molecule has 0 amide bonds. The van der Waals surface area contributed by atoms with Crippen LogP contribution < -0.4 is 10.6 Å². The number of guanidine groups is 1. The Bertz CT molecular complexity index is 292. The van der Waals surface area contributed by atoms with E-state index in [2.05, 4.69) is 41.4 Å². The van der Waals surface area contributed by atoms with Crippen molar-refractivity contribution in [1.29, 1.82) is 0 Å². The standard InChI is InChI=1S/C16H34N4O.HI/c1-14(2)7-11-21-12-8-18-16(17-3)19-13-15-5-9-20(4)10-6-15;/h14-15H,5-13H2,1-4H3,(H2,17,18,19);1H. The van der Waals surface area contributed by atoms with Gasteiger partial charge in [0, 0.05) is 26.7 Å². The van der Waals surface area contributed by atoms with Gasteiger partial charge in [-0.2, -0.15) is 0 Å². The topological polar surface area (TPSA) is 48.9 Å². The molecule has 0 unspecified atom stereocenters. The summed E-state index contributed by atoms with van der Waals surface area (Å²) in [6.45, 7) is 10.3. The second-order valence-corrected chi connectivity index (χ2v) is 6.42. The van der Waals surface area contributed by atoms with Gasteiger partial charge < -0.3 is 20.3 Å². The van der Waals surface area contributed by atoms with Gasteiger partial charge in [-0.1, -0.05) is 13.8 Å². The minimum absolute atomic E-state index is 0. The highest BCUT2D eigenvalue weighted by Crippen LogP contribution is 2.14. The molecule has 0 spiro atoms. The van der Waals surface area contributed by atoms with Gasteiger partial charge in [0.15, 0.2) is 5.96 Å². The maximum Gasteiger partial charge on any atom is 0.191 e. The fourth-order valence-electron chi connectivity index (χ4n) is 2.39. The number of nitrogens with one attached hydrogen (secondary N) is 2. The molecule has 6 heteroatoms. The SMILES string of the molecule is CN=C(NCCOCCC(C)C)NCC1CCN(C)CC1.I. The number of nitrogens with zero attached hydrogens (tertiary/aromatic N) is 2. The number of aliphatic imine (C=N–C) groups is 1. The van der Waals surface area contributed by atoms with Crippen LogP contribution in [0.2, 0.25) is 0 Å². The zero-order valence-corrected chi connectivity index (χ0v) is 17.1. The lowest BCUT2D eigenvalue weighted by Gasteiger charge is -2.29. The zero-order valence-electron chi connectivity index (χ0n) is 14.7. The van der Waals surface area contributed by atoms with Gasteiger partial charge in [0.05, 0.1) is 6.61 Å². The van der Waals surface area contributed by atoms with Gasteiger partial charge in [0.25, 0.3) is 0 Å². The Hall–Kier alpha value is -0.0800. The summed E-state index contributed by atoms with van der Waals surface area (Å²) in [6.07, 6.45) is 3.68. The minimum atomic E-state index is 0. The molecule has 0 bridgehead atoms. The molecular formula is C16H35IN4O. The summed E-state index contributed by atoms with van der Waals surface area (Å²) in [5, 5.41) is 6.74.